The number of aromatic nitrogens is 1. The van der Waals surface area contributed by atoms with Crippen molar-refractivity contribution in [2.24, 2.45) is 5.10 Å². The average Bonchev–Trinajstić information content (AvgIpc) is 3.09. The number of hydrogen-bond donors (Lipinski definition) is 2. The quantitative estimate of drug-likeness (QED) is 0.366. The minimum absolute atomic E-state index is 0.445. The predicted octanol–water partition coefficient (Wildman–Crippen LogP) is 3.56. The highest BCUT2D eigenvalue weighted by Gasteiger charge is 2.06. The summed E-state index contributed by atoms with van der Waals surface area (Å²) in [5.41, 5.74) is 5.99. The fourth-order valence-electron chi connectivity index (χ4n) is 2.86. The number of aryl methyl sites for hydroxylation is 1. The van der Waals surface area contributed by atoms with Gasteiger partial charge in [-0.25, -0.2) is 0 Å². The summed E-state index contributed by atoms with van der Waals surface area (Å²) < 4.78 is 7.22. The number of nitrogens with zero attached hydrogens (tertiary/aromatic N) is 3. The van der Waals surface area contributed by atoms with Crippen molar-refractivity contribution in [2.75, 3.05) is 7.11 Å². The molecule has 3 rings (SSSR count). The Balaban J connectivity index is 1.59. The lowest BCUT2D eigenvalue weighted by Crippen LogP contribution is -2.31. The van der Waals surface area contributed by atoms with Crippen molar-refractivity contribution < 1.29 is 4.74 Å². The average molecular weight is 392 g/mol. The number of ether oxygens (including phenoxy) is 1. The molecule has 0 fully saturated rings. The molecular formula is C21H21N5OS. The summed E-state index contributed by atoms with van der Waals surface area (Å²) in [6.45, 7) is 1.25. The molecule has 3 aromatic rings. The zero-order chi connectivity index (χ0) is 19.8. The van der Waals surface area contributed by atoms with E-state index >= 15 is 0 Å². The van der Waals surface area contributed by atoms with Crippen molar-refractivity contribution in [2.45, 2.75) is 19.5 Å². The topological polar surface area (TPSA) is 74.4 Å². The third kappa shape index (κ3) is 4.87. The number of para-hydroxylation sites is 1. The minimum Gasteiger partial charge on any atom is -0.497 e. The van der Waals surface area contributed by atoms with Crippen molar-refractivity contribution in [3.63, 3.8) is 0 Å². The Labute approximate surface area is 169 Å². The highest BCUT2D eigenvalue weighted by Crippen LogP contribution is 2.20. The van der Waals surface area contributed by atoms with E-state index in [1.807, 2.05) is 54.7 Å². The van der Waals surface area contributed by atoms with Gasteiger partial charge in [-0.1, -0.05) is 30.3 Å². The van der Waals surface area contributed by atoms with Crippen LogP contribution >= 0.6 is 12.2 Å². The maximum Gasteiger partial charge on any atom is 0.187 e. The summed E-state index contributed by atoms with van der Waals surface area (Å²) in [7, 11) is 1.64. The molecule has 1 heterocycles. The van der Waals surface area contributed by atoms with Crippen LogP contribution in [0, 0.1) is 11.3 Å². The molecule has 0 aliphatic heterocycles. The van der Waals surface area contributed by atoms with Gasteiger partial charge in [-0.2, -0.15) is 10.4 Å². The lowest BCUT2D eigenvalue weighted by atomic mass is 10.2. The molecule has 2 aromatic carbocycles. The molecule has 7 heteroatoms. The zero-order valence-electron chi connectivity index (χ0n) is 15.6. The van der Waals surface area contributed by atoms with Crippen LogP contribution in [0.3, 0.4) is 0 Å². The van der Waals surface area contributed by atoms with Crippen LogP contribution in [0.15, 0.2) is 59.8 Å². The first-order chi connectivity index (χ1) is 13.7. The highest BCUT2D eigenvalue weighted by molar-refractivity contribution is 7.80. The van der Waals surface area contributed by atoms with Gasteiger partial charge in [0.2, 0.25) is 0 Å². The van der Waals surface area contributed by atoms with E-state index in [0.29, 0.717) is 24.6 Å². The van der Waals surface area contributed by atoms with Crippen molar-refractivity contribution in [1.29, 1.82) is 5.26 Å². The van der Waals surface area contributed by atoms with Gasteiger partial charge in [0, 0.05) is 35.8 Å². The molecule has 0 aliphatic rings. The Hall–Kier alpha value is -3.37. The maximum atomic E-state index is 8.84. The molecule has 0 unspecified atom stereocenters. The van der Waals surface area contributed by atoms with Gasteiger partial charge < -0.3 is 14.6 Å². The lowest BCUT2D eigenvalue weighted by molar-refractivity contribution is 0.414. The molecular weight excluding hydrogens is 370 g/mol. The number of hydrazone groups is 1. The summed E-state index contributed by atoms with van der Waals surface area (Å²) in [4.78, 5) is 0. The van der Waals surface area contributed by atoms with Gasteiger partial charge in [0.25, 0.3) is 0 Å². The van der Waals surface area contributed by atoms with Crippen LogP contribution in [0.2, 0.25) is 0 Å². The van der Waals surface area contributed by atoms with Crippen molar-refractivity contribution in [3.8, 4) is 11.8 Å². The molecule has 0 amide bonds. The molecule has 0 saturated heterocycles. The smallest absolute Gasteiger partial charge is 0.187 e. The highest BCUT2D eigenvalue weighted by atomic mass is 32.1. The van der Waals surface area contributed by atoms with Crippen LogP contribution in [0.1, 0.15) is 17.5 Å². The van der Waals surface area contributed by atoms with E-state index in [4.69, 9.17) is 22.2 Å². The number of nitriles is 1. The van der Waals surface area contributed by atoms with Crippen LogP contribution in [0.5, 0.6) is 5.75 Å². The molecule has 0 bridgehead atoms. The Bertz CT molecular complexity index is 1020. The summed E-state index contributed by atoms with van der Waals surface area (Å²) >= 11 is 5.27. The van der Waals surface area contributed by atoms with Gasteiger partial charge in [-0.15, -0.1) is 0 Å². The summed E-state index contributed by atoms with van der Waals surface area (Å²) in [6.07, 6.45) is 4.21. The van der Waals surface area contributed by atoms with Crippen LogP contribution in [-0.2, 0) is 13.1 Å². The van der Waals surface area contributed by atoms with Gasteiger partial charge >= 0.3 is 0 Å². The van der Waals surface area contributed by atoms with Crippen LogP contribution < -0.4 is 15.5 Å². The third-order valence-corrected chi connectivity index (χ3v) is 4.50. The zero-order valence-corrected chi connectivity index (χ0v) is 16.4. The van der Waals surface area contributed by atoms with Crippen molar-refractivity contribution >= 4 is 34.4 Å². The Morgan fingerprint density at radius 1 is 1.25 bits per heavy atom. The summed E-state index contributed by atoms with van der Waals surface area (Å²) in [6, 6.07) is 18.0. The molecule has 142 valence electrons. The van der Waals surface area contributed by atoms with Gasteiger partial charge in [0.05, 0.1) is 25.8 Å². The number of methoxy groups -OCH3 is 1. The Morgan fingerprint density at radius 3 is 2.79 bits per heavy atom. The predicted molar refractivity (Wildman–Crippen MR) is 115 cm³/mol. The molecule has 1 aromatic heterocycles. The molecule has 6 nitrogen and oxygen atoms in total. The van der Waals surface area contributed by atoms with E-state index in [1.54, 1.807) is 13.3 Å². The summed E-state index contributed by atoms with van der Waals surface area (Å²) in [5.74, 6) is 0.822. The largest absolute Gasteiger partial charge is 0.497 e. The number of fused-ring (bicyclic) bond motifs is 1. The normalized spacial score (nSPS) is 10.7. The second-order valence-electron chi connectivity index (χ2n) is 6.10. The number of thiocarbonyl (C=S) groups is 1. The molecule has 0 atom stereocenters. The van der Waals surface area contributed by atoms with E-state index in [0.717, 1.165) is 27.8 Å². The van der Waals surface area contributed by atoms with Crippen LogP contribution in [0.4, 0.5) is 0 Å². The van der Waals surface area contributed by atoms with Crippen molar-refractivity contribution in [1.82, 2.24) is 15.3 Å². The molecule has 0 spiro atoms. The number of benzene rings is 2. The fourth-order valence-corrected chi connectivity index (χ4v) is 2.98. The van der Waals surface area contributed by atoms with E-state index in [2.05, 4.69) is 26.5 Å². The van der Waals surface area contributed by atoms with Crippen LogP contribution in [-0.4, -0.2) is 23.0 Å². The molecule has 28 heavy (non-hydrogen) atoms. The Kier molecular flexibility index (Phi) is 6.60. The van der Waals surface area contributed by atoms with E-state index in [1.165, 1.54) is 0 Å². The third-order valence-electron chi connectivity index (χ3n) is 4.27. The lowest BCUT2D eigenvalue weighted by Gasteiger charge is -2.07. The number of hydrogen-bond acceptors (Lipinski definition) is 4. The van der Waals surface area contributed by atoms with Gasteiger partial charge in [-0.05, 0) is 36.0 Å². The van der Waals surface area contributed by atoms with Gasteiger partial charge in [0.15, 0.2) is 5.11 Å². The van der Waals surface area contributed by atoms with Crippen LogP contribution in [0.25, 0.3) is 10.9 Å². The first-order valence-electron chi connectivity index (χ1n) is 8.86. The van der Waals surface area contributed by atoms with E-state index in [-0.39, 0.29) is 0 Å². The number of nitrogens with one attached hydrogen (secondary N) is 2. The minimum atomic E-state index is 0.445. The van der Waals surface area contributed by atoms with E-state index in [9.17, 15) is 0 Å². The first kappa shape index (κ1) is 19.4. The van der Waals surface area contributed by atoms with Gasteiger partial charge in [0.1, 0.15) is 5.75 Å². The molecule has 0 radical (unpaired) electrons. The second kappa shape index (κ2) is 9.53. The SMILES string of the molecule is COc1ccc(CNC(=S)N/N=C\c2cn(CCC#N)c3ccccc23)cc1. The van der Waals surface area contributed by atoms with Crippen molar-refractivity contribution in [3.05, 3.63) is 65.9 Å². The maximum absolute atomic E-state index is 8.84. The monoisotopic (exact) mass is 391 g/mol. The van der Waals surface area contributed by atoms with Gasteiger partial charge in [-0.3, -0.25) is 5.43 Å². The molecule has 0 aliphatic carbocycles. The van der Waals surface area contributed by atoms with E-state index < -0.39 is 0 Å². The fraction of sp³-hybridized carbons (Fsp3) is 0.190. The molecule has 0 saturated carbocycles. The Morgan fingerprint density at radius 2 is 2.04 bits per heavy atom. The number of rotatable bonds is 7. The standard InChI is InChI=1S/C21H21N5OS/c1-27-18-9-7-16(8-10-18)13-23-21(28)25-24-14-17-15-26(12-4-11-22)20-6-3-2-5-19(17)20/h2-3,5-10,14-15H,4,12-13H2,1H3,(H2,23,25,28)/b24-14-. The molecule has 2 N–H and O–H groups in total. The second-order valence-corrected chi connectivity index (χ2v) is 6.51. The first-order valence-corrected chi connectivity index (χ1v) is 9.26. The summed E-state index contributed by atoms with van der Waals surface area (Å²) in [5, 5.41) is 17.7.